The van der Waals surface area contributed by atoms with Gasteiger partial charge in [-0.3, -0.25) is 10.2 Å². The number of hydrogen-bond donors (Lipinski definition) is 3. The Morgan fingerprint density at radius 1 is 1.64 bits per heavy atom. The molecule has 11 heavy (non-hydrogen) atoms. The van der Waals surface area contributed by atoms with Crippen LogP contribution in [0.5, 0.6) is 0 Å². The lowest BCUT2D eigenvalue weighted by Crippen LogP contribution is -2.29. The fourth-order valence-electron chi connectivity index (χ4n) is 0.573. The van der Waals surface area contributed by atoms with E-state index >= 15 is 0 Å². The fourth-order valence-corrected chi connectivity index (χ4v) is 1.28. The largest absolute Gasteiger partial charge is 0.329 e. The number of amides is 1. The zero-order valence-corrected chi connectivity index (χ0v) is 9.74. The summed E-state index contributed by atoms with van der Waals surface area (Å²) in [5.74, 6) is -0.146. The molecule has 0 aliphatic carbocycles. The predicted molar refractivity (Wildman–Crippen MR) is 56.9 cm³/mol. The maximum atomic E-state index is 10.7. The van der Waals surface area contributed by atoms with Crippen molar-refractivity contribution in [3.63, 3.8) is 0 Å². The summed E-state index contributed by atoms with van der Waals surface area (Å²) in [6, 6.07) is 0. The first-order valence-corrected chi connectivity index (χ1v) is 3.38. The summed E-state index contributed by atoms with van der Waals surface area (Å²) in [5, 5.41) is 9.30. The highest BCUT2D eigenvalue weighted by molar-refractivity contribution is 8.93. The van der Waals surface area contributed by atoms with Crippen molar-refractivity contribution in [1.82, 2.24) is 5.32 Å². The SMILES string of the molecule is Br.Br.N=C1NC(=O)C(CN)S1. The third-order valence-corrected chi connectivity index (χ3v) is 2.03. The second kappa shape index (κ2) is 5.99. The molecule has 1 saturated heterocycles. The van der Waals surface area contributed by atoms with E-state index in [1.165, 1.54) is 11.8 Å². The molecule has 1 heterocycles. The first-order chi connectivity index (χ1) is 4.24. The Labute approximate surface area is 89.7 Å². The van der Waals surface area contributed by atoms with Crippen molar-refractivity contribution in [2.24, 2.45) is 5.73 Å². The average Bonchev–Trinajstić information content (AvgIpc) is 2.10. The minimum absolute atomic E-state index is 0. The van der Waals surface area contributed by atoms with Gasteiger partial charge in [-0.05, 0) is 0 Å². The van der Waals surface area contributed by atoms with Crippen LogP contribution in [0.15, 0.2) is 0 Å². The Balaban J connectivity index is 0. The van der Waals surface area contributed by atoms with Gasteiger partial charge in [0, 0.05) is 6.54 Å². The number of nitrogens with two attached hydrogens (primary N) is 1. The molecule has 1 amide bonds. The standard InChI is InChI=1S/C4H7N3OS.2BrH/c5-1-2-3(8)7-4(6)9-2;;/h2H,1,5H2,(H2,6,7,8);2*1H. The summed E-state index contributed by atoms with van der Waals surface area (Å²) in [5.41, 5.74) is 5.21. The molecule has 0 radical (unpaired) electrons. The summed E-state index contributed by atoms with van der Waals surface area (Å²) in [6.45, 7) is 0.304. The number of halogens is 2. The molecule has 0 aromatic rings. The molecule has 1 aliphatic heterocycles. The van der Waals surface area contributed by atoms with E-state index in [9.17, 15) is 4.79 Å². The lowest BCUT2D eigenvalue weighted by Gasteiger charge is -1.95. The topological polar surface area (TPSA) is 79.0 Å². The van der Waals surface area contributed by atoms with Gasteiger partial charge in [-0.2, -0.15) is 0 Å². The summed E-state index contributed by atoms with van der Waals surface area (Å²) in [6.07, 6.45) is 0. The quantitative estimate of drug-likeness (QED) is 0.650. The van der Waals surface area contributed by atoms with Crippen LogP contribution >= 0.6 is 45.7 Å². The summed E-state index contributed by atoms with van der Waals surface area (Å²) in [7, 11) is 0. The van der Waals surface area contributed by atoms with E-state index in [4.69, 9.17) is 11.1 Å². The molecular weight excluding hydrogens is 298 g/mol. The van der Waals surface area contributed by atoms with Gasteiger partial charge in [0.05, 0.1) is 0 Å². The van der Waals surface area contributed by atoms with E-state index in [1.807, 2.05) is 0 Å². The third-order valence-electron chi connectivity index (χ3n) is 1.00. The molecule has 1 unspecified atom stereocenters. The van der Waals surface area contributed by atoms with Crippen LogP contribution < -0.4 is 11.1 Å². The van der Waals surface area contributed by atoms with Gasteiger partial charge in [0.15, 0.2) is 5.17 Å². The summed E-state index contributed by atoms with van der Waals surface area (Å²) < 4.78 is 0. The molecule has 1 aliphatic rings. The number of thioether (sulfide) groups is 1. The number of nitrogens with one attached hydrogen (secondary N) is 2. The Hall–Kier alpha value is 0.410. The highest BCUT2D eigenvalue weighted by Crippen LogP contribution is 2.15. The van der Waals surface area contributed by atoms with Crippen LogP contribution in [0.3, 0.4) is 0 Å². The van der Waals surface area contributed by atoms with E-state index in [0.29, 0.717) is 6.54 Å². The number of carbonyl (C=O) groups excluding carboxylic acids is 1. The molecule has 1 fully saturated rings. The normalized spacial score (nSPS) is 21.7. The van der Waals surface area contributed by atoms with Crippen molar-refractivity contribution in [2.45, 2.75) is 5.25 Å². The van der Waals surface area contributed by atoms with Gasteiger partial charge in [0.25, 0.3) is 0 Å². The number of amidine groups is 1. The second-order valence-electron chi connectivity index (χ2n) is 1.66. The van der Waals surface area contributed by atoms with E-state index in [1.54, 1.807) is 0 Å². The van der Waals surface area contributed by atoms with Crippen LogP contribution in [-0.2, 0) is 4.79 Å². The molecular formula is C4H9Br2N3OS. The van der Waals surface area contributed by atoms with Crippen LogP contribution in [0.25, 0.3) is 0 Å². The van der Waals surface area contributed by atoms with Gasteiger partial charge in [0.1, 0.15) is 5.25 Å². The maximum Gasteiger partial charge on any atom is 0.240 e. The van der Waals surface area contributed by atoms with E-state index < -0.39 is 0 Å². The molecule has 0 spiro atoms. The predicted octanol–water partition coefficient (Wildman–Crippen LogP) is 0.267. The Bertz CT molecular complexity index is 165. The van der Waals surface area contributed by atoms with Gasteiger partial charge >= 0.3 is 0 Å². The molecule has 66 valence electrons. The number of rotatable bonds is 1. The van der Waals surface area contributed by atoms with Crippen molar-refractivity contribution in [1.29, 1.82) is 5.41 Å². The van der Waals surface area contributed by atoms with Crippen LogP contribution in [0.1, 0.15) is 0 Å². The molecule has 1 atom stereocenters. The van der Waals surface area contributed by atoms with Crippen LogP contribution in [0.4, 0.5) is 0 Å². The van der Waals surface area contributed by atoms with Gasteiger partial charge in [-0.25, -0.2) is 0 Å². The summed E-state index contributed by atoms with van der Waals surface area (Å²) in [4.78, 5) is 10.7. The molecule has 7 heteroatoms. The highest BCUT2D eigenvalue weighted by atomic mass is 79.9. The van der Waals surface area contributed by atoms with Crippen LogP contribution in [0.2, 0.25) is 0 Å². The lowest BCUT2D eigenvalue weighted by atomic mass is 10.4. The summed E-state index contributed by atoms with van der Waals surface area (Å²) >= 11 is 1.17. The van der Waals surface area contributed by atoms with Crippen molar-refractivity contribution in [3.8, 4) is 0 Å². The number of carbonyl (C=O) groups is 1. The van der Waals surface area contributed by atoms with Gasteiger partial charge in [-0.1, -0.05) is 11.8 Å². The molecule has 0 saturated carbocycles. The maximum absolute atomic E-state index is 10.7. The third kappa shape index (κ3) is 3.55. The zero-order valence-electron chi connectivity index (χ0n) is 5.49. The lowest BCUT2D eigenvalue weighted by molar-refractivity contribution is -0.118. The van der Waals surface area contributed by atoms with Gasteiger partial charge < -0.3 is 11.1 Å². The molecule has 0 aromatic heterocycles. The average molecular weight is 307 g/mol. The number of hydrogen-bond acceptors (Lipinski definition) is 4. The van der Waals surface area contributed by atoms with E-state index in [2.05, 4.69) is 5.32 Å². The van der Waals surface area contributed by atoms with E-state index in [0.717, 1.165) is 0 Å². The molecule has 4 nitrogen and oxygen atoms in total. The molecule has 0 bridgehead atoms. The van der Waals surface area contributed by atoms with Crippen molar-refractivity contribution in [3.05, 3.63) is 0 Å². The Morgan fingerprint density at radius 2 is 2.18 bits per heavy atom. The molecule has 4 N–H and O–H groups in total. The first kappa shape index (κ1) is 14.0. The van der Waals surface area contributed by atoms with Crippen molar-refractivity contribution < 1.29 is 4.79 Å². The molecule has 0 aromatic carbocycles. The smallest absolute Gasteiger partial charge is 0.240 e. The molecule has 1 rings (SSSR count). The van der Waals surface area contributed by atoms with Crippen molar-refractivity contribution in [2.75, 3.05) is 6.54 Å². The van der Waals surface area contributed by atoms with Crippen molar-refractivity contribution >= 4 is 56.8 Å². The monoisotopic (exact) mass is 305 g/mol. The van der Waals surface area contributed by atoms with Crippen LogP contribution in [-0.4, -0.2) is 22.9 Å². The fraction of sp³-hybridized carbons (Fsp3) is 0.500. The second-order valence-corrected chi connectivity index (χ2v) is 2.87. The van der Waals surface area contributed by atoms with Gasteiger partial charge in [-0.15, -0.1) is 34.0 Å². The van der Waals surface area contributed by atoms with Gasteiger partial charge in [0.2, 0.25) is 5.91 Å². The minimum atomic E-state index is -0.238. The first-order valence-electron chi connectivity index (χ1n) is 2.50. The Kier molecular flexibility index (Phi) is 7.60. The minimum Gasteiger partial charge on any atom is -0.329 e. The highest BCUT2D eigenvalue weighted by Gasteiger charge is 2.27. The van der Waals surface area contributed by atoms with E-state index in [-0.39, 0.29) is 50.3 Å². The Morgan fingerprint density at radius 3 is 2.36 bits per heavy atom. The zero-order chi connectivity index (χ0) is 6.85. The van der Waals surface area contributed by atoms with Crippen LogP contribution in [0, 0.1) is 5.41 Å².